The lowest BCUT2D eigenvalue weighted by Crippen LogP contribution is -2.45. The van der Waals surface area contributed by atoms with Crippen LogP contribution in [0.5, 0.6) is 0 Å². The third-order valence-electron chi connectivity index (χ3n) is 4.54. The average Bonchev–Trinajstić information content (AvgIpc) is 2.74. The molecule has 2 aromatic carbocycles. The first kappa shape index (κ1) is 21.5. The van der Waals surface area contributed by atoms with Gasteiger partial charge in [-0.25, -0.2) is 4.79 Å². The predicted octanol–water partition coefficient (Wildman–Crippen LogP) is 1.45. The van der Waals surface area contributed by atoms with Crippen molar-refractivity contribution in [3.05, 3.63) is 91.7 Å². The molecule has 1 amide bonds. The minimum atomic E-state index is -0.750. The first-order valence-electron chi connectivity index (χ1n) is 9.34. The fourth-order valence-corrected chi connectivity index (χ4v) is 3.01. The van der Waals surface area contributed by atoms with Crippen molar-refractivity contribution in [3.8, 4) is 5.69 Å². The van der Waals surface area contributed by atoms with Crippen LogP contribution < -0.4 is 16.6 Å². The Labute approximate surface area is 178 Å². The van der Waals surface area contributed by atoms with E-state index in [4.69, 9.17) is 11.6 Å². The van der Waals surface area contributed by atoms with E-state index in [2.05, 4.69) is 15.3 Å². The molecule has 0 saturated carbocycles. The lowest BCUT2D eigenvalue weighted by atomic mass is 10.2. The molecule has 30 heavy (non-hydrogen) atoms. The number of benzene rings is 2. The van der Waals surface area contributed by atoms with Crippen LogP contribution >= 0.6 is 11.6 Å². The van der Waals surface area contributed by atoms with Crippen LogP contribution in [0.15, 0.2) is 64.2 Å². The van der Waals surface area contributed by atoms with Gasteiger partial charge in [-0.05, 0) is 36.9 Å². The van der Waals surface area contributed by atoms with E-state index in [0.29, 0.717) is 23.8 Å². The van der Waals surface area contributed by atoms with E-state index in [-0.39, 0.29) is 5.69 Å². The van der Waals surface area contributed by atoms with Crippen LogP contribution in [0, 0.1) is 0 Å². The van der Waals surface area contributed by atoms with Crippen molar-refractivity contribution in [3.63, 3.8) is 0 Å². The molecule has 3 aromatic rings. The Morgan fingerprint density at radius 3 is 2.43 bits per heavy atom. The van der Waals surface area contributed by atoms with Gasteiger partial charge in [-0.2, -0.15) is 9.78 Å². The molecule has 0 fully saturated rings. The molecule has 0 radical (unpaired) electrons. The largest absolute Gasteiger partial charge is 0.351 e. The van der Waals surface area contributed by atoms with Gasteiger partial charge in [-0.1, -0.05) is 41.9 Å². The van der Waals surface area contributed by atoms with E-state index in [1.54, 1.807) is 24.3 Å². The van der Waals surface area contributed by atoms with Crippen molar-refractivity contribution >= 4 is 17.5 Å². The number of amides is 1. The van der Waals surface area contributed by atoms with Gasteiger partial charge in [0.15, 0.2) is 0 Å². The highest BCUT2D eigenvalue weighted by molar-refractivity contribution is 6.30. The van der Waals surface area contributed by atoms with Crippen molar-refractivity contribution in [2.75, 3.05) is 20.1 Å². The van der Waals surface area contributed by atoms with Gasteiger partial charge in [0.1, 0.15) is 0 Å². The van der Waals surface area contributed by atoms with Gasteiger partial charge in [-0.15, -0.1) is 0 Å². The molecule has 156 valence electrons. The molecule has 0 spiro atoms. The van der Waals surface area contributed by atoms with Crippen LogP contribution in [0.3, 0.4) is 0 Å². The van der Waals surface area contributed by atoms with Gasteiger partial charge in [0.05, 0.1) is 5.69 Å². The Kier molecular flexibility index (Phi) is 6.81. The summed E-state index contributed by atoms with van der Waals surface area (Å²) in [6, 6.07) is 16.3. The number of likely N-dealkylation sites (N-methyl/N-ethyl adjacent to an activating group) is 1. The summed E-state index contributed by atoms with van der Waals surface area (Å²) < 4.78 is 1.87. The molecule has 1 aromatic heterocycles. The number of aromatic nitrogens is 3. The number of rotatable bonds is 7. The molecule has 0 bridgehead atoms. The lowest BCUT2D eigenvalue weighted by Gasteiger charge is -2.17. The molecule has 0 aliphatic rings. The molecule has 0 saturated heterocycles. The van der Waals surface area contributed by atoms with Crippen LogP contribution in [-0.4, -0.2) is 45.3 Å². The van der Waals surface area contributed by atoms with Gasteiger partial charge in [0, 0.05) is 31.7 Å². The fraction of sp³-hybridized carbons (Fsp3) is 0.238. The average molecular weight is 428 g/mol. The lowest BCUT2D eigenvalue weighted by molar-refractivity contribution is 0.0940. The smallest absolute Gasteiger partial charge is 0.349 e. The normalized spacial score (nSPS) is 10.9. The molecule has 0 unspecified atom stereocenters. The van der Waals surface area contributed by atoms with E-state index in [9.17, 15) is 14.4 Å². The zero-order chi connectivity index (χ0) is 21.7. The van der Waals surface area contributed by atoms with Gasteiger partial charge >= 0.3 is 5.69 Å². The van der Waals surface area contributed by atoms with E-state index < -0.39 is 17.2 Å². The van der Waals surface area contributed by atoms with Crippen molar-refractivity contribution in [1.29, 1.82) is 0 Å². The highest BCUT2D eigenvalue weighted by atomic mass is 35.5. The second-order valence-corrected chi connectivity index (χ2v) is 7.30. The topological polar surface area (TPSA) is 89.2 Å². The minimum Gasteiger partial charge on any atom is -0.349 e. The summed E-state index contributed by atoms with van der Waals surface area (Å²) in [5.74, 6) is -0.633. The third-order valence-corrected chi connectivity index (χ3v) is 4.79. The van der Waals surface area contributed by atoms with Crippen molar-refractivity contribution in [2.24, 2.45) is 7.05 Å². The van der Waals surface area contributed by atoms with E-state index >= 15 is 0 Å². The summed E-state index contributed by atoms with van der Waals surface area (Å²) >= 11 is 5.88. The van der Waals surface area contributed by atoms with Gasteiger partial charge in [-0.3, -0.25) is 14.2 Å². The second kappa shape index (κ2) is 9.51. The maximum atomic E-state index is 12.6. The Balaban J connectivity index is 1.71. The summed E-state index contributed by atoms with van der Waals surface area (Å²) in [4.78, 5) is 39.4. The zero-order valence-electron chi connectivity index (χ0n) is 16.7. The number of hydrogen-bond acceptors (Lipinski definition) is 5. The van der Waals surface area contributed by atoms with E-state index in [0.717, 1.165) is 21.4 Å². The summed E-state index contributed by atoms with van der Waals surface area (Å²) in [7, 11) is 3.25. The monoisotopic (exact) mass is 427 g/mol. The molecule has 8 nitrogen and oxygen atoms in total. The summed E-state index contributed by atoms with van der Waals surface area (Å²) in [6.07, 6.45) is 0. The molecule has 0 atom stereocenters. The van der Waals surface area contributed by atoms with Crippen molar-refractivity contribution in [1.82, 2.24) is 24.6 Å². The van der Waals surface area contributed by atoms with Crippen LogP contribution in [-0.2, 0) is 13.6 Å². The minimum absolute atomic E-state index is 0.326. The molecule has 3 rings (SSSR count). The van der Waals surface area contributed by atoms with E-state index in [1.807, 2.05) is 37.4 Å². The maximum Gasteiger partial charge on any atom is 0.351 e. The number of halogens is 1. The number of hydrogen-bond donors (Lipinski definition) is 1. The Morgan fingerprint density at radius 2 is 1.77 bits per heavy atom. The first-order valence-corrected chi connectivity index (χ1v) is 9.71. The number of nitrogens with one attached hydrogen (secondary N) is 1. The Hall–Kier alpha value is -3.23. The number of nitrogens with zero attached hydrogens (tertiary/aromatic N) is 4. The zero-order valence-corrected chi connectivity index (χ0v) is 17.5. The number of carbonyl (C=O) groups is 1. The van der Waals surface area contributed by atoms with Crippen LogP contribution in [0.25, 0.3) is 5.69 Å². The Bertz CT molecular complexity index is 1140. The SMILES string of the molecule is CN(CCNC(=O)c1nn(-c2ccc(Cl)cc2)c(=O)n(C)c1=O)Cc1ccccc1. The molecule has 0 aliphatic carbocycles. The molecule has 9 heteroatoms. The fourth-order valence-electron chi connectivity index (χ4n) is 2.88. The van der Waals surface area contributed by atoms with Crippen LogP contribution in [0.4, 0.5) is 0 Å². The predicted molar refractivity (Wildman–Crippen MR) is 115 cm³/mol. The molecule has 1 N–H and O–H groups in total. The standard InChI is InChI=1S/C21H22ClN5O3/c1-25(14-15-6-4-3-5-7-15)13-12-23-19(28)18-20(29)26(2)21(30)27(24-18)17-10-8-16(22)9-11-17/h3-11H,12-14H2,1-2H3,(H,23,28). The summed E-state index contributed by atoms with van der Waals surface area (Å²) in [6.45, 7) is 1.64. The van der Waals surface area contributed by atoms with Crippen molar-refractivity contribution in [2.45, 2.75) is 6.54 Å². The molecule has 0 aliphatic heterocycles. The van der Waals surface area contributed by atoms with E-state index in [1.165, 1.54) is 7.05 Å². The first-order chi connectivity index (χ1) is 14.4. The second-order valence-electron chi connectivity index (χ2n) is 6.86. The van der Waals surface area contributed by atoms with Gasteiger partial charge in [0.25, 0.3) is 11.5 Å². The highest BCUT2D eigenvalue weighted by Gasteiger charge is 2.18. The van der Waals surface area contributed by atoms with Gasteiger partial charge in [0.2, 0.25) is 5.69 Å². The van der Waals surface area contributed by atoms with Gasteiger partial charge < -0.3 is 10.2 Å². The highest BCUT2D eigenvalue weighted by Crippen LogP contribution is 2.11. The quantitative estimate of drug-likeness (QED) is 0.616. The Morgan fingerprint density at radius 1 is 1.10 bits per heavy atom. The summed E-state index contributed by atoms with van der Waals surface area (Å²) in [5, 5.41) is 7.19. The van der Waals surface area contributed by atoms with Crippen LogP contribution in [0.2, 0.25) is 5.02 Å². The maximum absolute atomic E-state index is 12.6. The molecular formula is C21H22ClN5O3. The van der Waals surface area contributed by atoms with Crippen LogP contribution in [0.1, 0.15) is 16.1 Å². The third kappa shape index (κ3) is 5.03. The molecule has 1 heterocycles. The van der Waals surface area contributed by atoms with Crippen molar-refractivity contribution < 1.29 is 4.79 Å². The molecular weight excluding hydrogens is 406 g/mol. The number of carbonyl (C=O) groups excluding carboxylic acids is 1. The summed E-state index contributed by atoms with van der Waals surface area (Å²) in [5.41, 5.74) is -0.187.